The van der Waals surface area contributed by atoms with E-state index in [9.17, 15) is 14.4 Å². The Morgan fingerprint density at radius 2 is 1.88 bits per heavy atom. The number of ether oxygens (including phenoxy) is 2. The molecule has 0 saturated heterocycles. The average Bonchev–Trinajstić information content (AvgIpc) is 2.61. The summed E-state index contributed by atoms with van der Waals surface area (Å²) in [6.07, 6.45) is 3.13. The molecular formula is C17H30N4O5. The highest BCUT2D eigenvalue weighted by atomic mass is 16.5. The van der Waals surface area contributed by atoms with Crippen molar-refractivity contribution >= 4 is 17.4 Å². The third-order valence-electron chi connectivity index (χ3n) is 3.91. The lowest BCUT2D eigenvalue weighted by Gasteiger charge is -2.24. The van der Waals surface area contributed by atoms with Gasteiger partial charge in [0.15, 0.2) is 5.69 Å². The minimum absolute atomic E-state index is 0.00791. The SMILES string of the molecule is CCCCN(C(=O)COCCOC)c1c(N)n(CCCC)c(=O)[nH]c1=O. The molecule has 1 rings (SSSR count). The van der Waals surface area contributed by atoms with Gasteiger partial charge in [0.05, 0.1) is 13.2 Å². The fraction of sp³-hybridized carbons (Fsp3) is 0.706. The smallest absolute Gasteiger partial charge is 0.330 e. The van der Waals surface area contributed by atoms with Crippen molar-refractivity contribution in [2.45, 2.75) is 46.1 Å². The fourth-order valence-electron chi connectivity index (χ4n) is 2.43. The maximum Gasteiger partial charge on any atom is 0.330 e. The van der Waals surface area contributed by atoms with Crippen LogP contribution in [0.1, 0.15) is 39.5 Å². The van der Waals surface area contributed by atoms with Crippen LogP contribution < -0.4 is 21.9 Å². The van der Waals surface area contributed by atoms with E-state index in [0.29, 0.717) is 26.1 Å². The molecule has 0 bridgehead atoms. The Bertz CT molecular complexity index is 683. The van der Waals surface area contributed by atoms with Crippen LogP contribution in [-0.2, 0) is 20.8 Å². The van der Waals surface area contributed by atoms with Crippen molar-refractivity contribution in [1.82, 2.24) is 9.55 Å². The van der Waals surface area contributed by atoms with E-state index in [0.717, 1.165) is 19.3 Å². The predicted octanol–water partition coefficient (Wildman–Crippen LogP) is 0.715. The Morgan fingerprint density at radius 1 is 1.19 bits per heavy atom. The van der Waals surface area contributed by atoms with Gasteiger partial charge in [-0.25, -0.2) is 4.79 Å². The average molecular weight is 370 g/mol. The van der Waals surface area contributed by atoms with E-state index in [1.807, 2.05) is 13.8 Å². The van der Waals surface area contributed by atoms with E-state index in [-0.39, 0.29) is 30.6 Å². The summed E-state index contributed by atoms with van der Waals surface area (Å²) in [6.45, 7) is 5.11. The molecule has 26 heavy (non-hydrogen) atoms. The maximum atomic E-state index is 12.6. The summed E-state index contributed by atoms with van der Waals surface area (Å²) < 4.78 is 11.5. The zero-order chi connectivity index (χ0) is 19.5. The normalized spacial score (nSPS) is 10.9. The number of H-pyrrole nitrogens is 1. The van der Waals surface area contributed by atoms with Gasteiger partial charge < -0.3 is 20.1 Å². The van der Waals surface area contributed by atoms with Crippen molar-refractivity contribution in [1.29, 1.82) is 0 Å². The van der Waals surface area contributed by atoms with Gasteiger partial charge in [-0.15, -0.1) is 0 Å². The van der Waals surface area contributed by atoms with Gasteiger partial charge in [0.1, 0.15) is 12.4 Å². The van der Waals surface area contributed by atoms with E-state index in [1.54, 1.807) is 7.11 Å². The summed E-state index contributed by atoms with van der Waals surface area (Å²) >= 11 is 0. The number of carbonyl (C=O) groups is 1. The minimum atomic E-state index is -0.665. The van der Waals surface area contributed by atoms with Crippen LogP contribution in [0.2, 0.25) is 0 Å². The Morgan fingerprint density at radius 3 is 2.50 bits per heavy atom. The van der Waals surface area contributed by atoms with E-state index in [2.05, 4.69) is 4.98 Å². The number of nitrogen functional groups attached to an aromatic ring is 1. The Balaban J connectivity index is 3.17. The highest BCUT2D eigenvalue weighted by Crippen LogP contribution is 2.18. The van der Waals surface area contributed by atoms with E-state index >= 15 is 0 Å². The summed E-state index contributed by atoms with van der Waals surface area (Å²) in [6, 6.07) is 0. The van der Waals surface area contributed by atoms with Crippen LogP contribution in [0.4, 0.5) is 11.5 Å². The number of nitrogens with two attached hydrogens (primary N) is 1. The molecule has 0 aliphatic rings. The molecule has 0 atom stereocenters. The molecule has 0 saturated carbocycles. The Kier molecular flexibility index (Phi) is 9.67. The van der Waals surface area contributed by atoms with Gasteiger partial charge in [-0.1, -0.05) is 26.7 Å². The molecule has 1 amide bonds. The molecule has 0 radical (unpaired) electrons. The second kappa shape index (κ2) is 11.5. The van der Waals surface area contributed by atoms with Crippen LogP contribution in [0, 0.1) is 0 Å². The van der Waals surface area contributed by atoms with Gasteiger partial charge in [0.2, 0.25) is 0 Å². The molecule has 0 aliphatic carbocycles. The van der Waals surface area contributed by atoms with Crippen LogP contribution in [-0.4, -0.2) is 48.9 Å². The minimum Gasteiger partial charge on any atom is -0.383 e. The monoisotopic (exact) mass is 370 g/mol. The van der Waals surface area contributed by atoms with Crippen molar-refractivity contribution in [2.24, 2.45) is 0 Å². The lowest BCUT2D eigenvalue weighted by molar-refractivity contribution is -0.123. The van der Waals surface area contributed by atoms with Gasteiger partial charge in [-0.2, -0.15) is 0 Å². The van der Waals surface area contributed by atoms with Crippen molar-refractivity contribution in [3.05, 3.63) is 20.8 Å². The number of rotatable bonds is 12. The fourth-order valence-corrected chi connectivity index (χ4v) is 2.43. The number of carbonyl (C=O) groups excluding carboxylic acids is 1. The van der Waals surface area contributed by atoms with E-state index < -0.39 is 11.2 Å². The van der Waals surface area contributed by atoms with Crippen molar-refractivity contribution in [2.75, 3.05) is 44.1 Å². The van der Waals surface area contributed by atoms with Crippen molar-refractivity contribution in [3.63, 3.8) is 0 Å². The first-order valence-electron chi connectivity index (χ1n) is 8.97. The molecule has 1 aromatic heterocycles. The summed E-state index contributed by atoms with van der Waals surface area (Å²) in [5.41, 5.74) is 4.88. The Hall–Kier alpha value is -2.13. The summed E-state index contributed by atoms with van der Waals surface area (Å²) in [7, 11) is 1.54. The summed E-state index contributed by atoms with van der Waals surface area (Å²) in [5, 5.41) is 0. The molecule has 0 aromatic carbocycles. The van der Waals surface area contributed by atoms with Crippen LogP contribution in [0.3, 0.4) is 0 Å². The second-order valence-corrected chi connectivity index (χ2v) is 5.94. The van der Waals surface area contributed by atoms with Gasteiger partial charge in [0, 0.05) is 20.2 Å². The molecule has 9 nitrogen and oxygen atoms in total. The topological polar surface area (TPSA) is 120 Å². The van der Waals surface area contributed by atoms with Crippen LogP contribution >= 0.6 is 0 Å². The van der Waals surface area contributed by atoms with Crippen molar-refractivity contribution < 1.29 is 14.3 Å². The standard InChI is InChI=1S/C17H30N4O5/c1-4-6-8-20(13(22)12-26-11-10-25-3)14-15(18)21(9-7-5-2)17(24)19-16(14)23/h4-12,18H2,1-3H3,(H,19,23,24). The molecule has 0 spiro atoms. The molecule has 9 heteroatoms. The first kappa shape index (κ1) is 21.9. The lowest BCUT2D eigenvalue weighted by Crippen LogP contribution is -2.43. The molecular weight excluding hydrogens is 340 g/mol. The first-order chi connectivity index (χ1) is 12.5. The van der Waals surface area contributed by atoms with E-state index in [1.165, 1.54) is 9.47 Å². The van der Waals surface area contributed by atoms with Gasteiger partial charge >= 0.3 is 5.69 Å². The van der Waals surface area contributed by atoms with Crippen LogP contribution in [0.5, 0.6) is 0 Å². The lowest BCUT2D eigenvalue weighted by atomic mass is 10.2. The number of anilines is 2. The van der Waals surface area contributed by atoms with Gasteiger partial charge in [-0.3, -0.25) is 19.1 Å². The number of unbranched alkanes of at least 4 members (excludes halogenated alkanes) is 2. The molecule has 1 heterocycles. The molecule has 1 aromatic rings. The quantitative estimate of drug-likeness (QED) is 0.523. The van der Waals surface area contributed by atoms with Crippen LogP contribution in [0.25, 0.3) is 0 Å². The number of hydrogen-bond acceptors (Lipinski definition) is 6. The molecule has 0 fully saturated rings. The second-order valence-electron chi connectivity index (χ2n) is 5.94. The van der Waals surface area contributed by atoms with E-state index in [4.69, 9.17) is 15.2 Å². The highest BCUT2D eigenvalue weighted by Gasteiger charge is 2.23. The maximum absolute atomic E-state index is 12.6. The van der Waals surface area contributed by atoms with Gasteiger partial charge in [0.25, 0.3) is 11.5 Å². The van der Waals surface area contributed by atoms with Gasteiger partial charge in [-0.05, 0) is 12.8 Å². The first-order valence-corrected chi connectivity index (χ1v) is 8.97. The third kappa shape index (κ3) is 5.99. The number of amides is 1. The highest BCUT2D eigenvalue weighted by molar-refractivity contribution is 5.96. The summed E-state index contributed by atoms with van der Waals surface area (Å²) in [5.74, 6) is -0.374. The molecule has 148 valence electrons. The number of nitrogens with one attached hydrogen (secondary N) is 1. The number of methoxy groups -OCH3 is 1. The largest absolute Gasteiger partial charge is 0.383 e. The van der Waals surface area contributed by atoms with Crippen LogP contribution in [0.15, 0.2) is 9.59 Å². The number of nitrogens with zero attached hydrogens (tertiary/aromatic N) is 2. The predicted molar refractivity (Wildman–Crippen MR) is 101 cm³/mol. The molecule has 0 unspecified atom stereocenters. The van der Waals surface area contributed by atoms with Crippen molar-refractivity contribution in [3.8, 4) is 0 Å². The number of aromatic nitrogens is 2. The zero-order valence-corrected chi connectivity index (χ0v) is 15.9. The molecule has 3 N–H and O–H groups in total. The number of hydrogen-bond donors (Lipinski definition) is 2. The molecule has 0 aliphatic heterocycles. The third-order valence-corrected chi connectivity index (χ3v) is 3.91. The summed E-state index contributed by atoms with van der Waals surface area (Å²) in [4.78, 5) is 40.6. The number of aromatic amines is 1. The Labute approximate surface area is 153 Å². The zero-order valence-electron chi connectivity index (χ0n) is 15.9.